The smallest absolute Gasteiger partial charge is 0.00984 e. The second-order valence-electron chi connectivity index (χ2n) is 6.35. The average molecular weight is 238 g/mol. The molecule has 0 bridgehead atoms. The lowest BCUT2D eigenvalue weighted by Crippen LogP contribution is -2.40. The molecule has 1 heterocycles. The highest BCUT2D eigenvalue weighted by Gasteiger charge is 2.34. The minimum Gasteiger partial charge on any atom is -0.330 e. The van der Waals surface area contributed by atoms with Crippen LogP contribution in [0.1, 0.15) is 58.8 Å². The highest BCUT2D eigenvalue weighted by atomic mass is 15.2. The molecule has 2 heteroatoms. The summed E-state index contributed by atoms with van der Waals surface area (Å²) in [4.78, 5) is 2.76. The topological polar surface area (TPSA) is 29.3 Å². The largest absolute Gasteiger partial charge is 0.330 e. The quantitative estimate of drug-likeness (QED) is 0.816. The summed E-state index contributed by atoms with van der Waals surface area (Å²) in [5.41, 5.74) is 5.82. The van der Waals surface area contributed by atoms with Crippen LogP contribution in [0.5, 0.6) is 0 Å². The van der Waals surface area contributed by atoms with Crippen molar-refractivity contribution in [3.05, 3.63) is 0 Å². The molecule has 17 heavy (non-hydrogen) atoms. The zero-order valence-corrected chi connectivity index (χ0v) is 11.7. The minimum absolute atomic E-state index is 0.762. The van der Waals surface area contributed by atoms with E-state index < -0.39 is 0 Å². The average Bonchev–Trinajstić information content (AvgIpc) is 2.72. The lowest BCUT2D eigenvalue weighted by atomic mass is 9.83. The van der Waals surface area contributed by atoms with Crippen molar-refractivity contribution >= 4 is 0 Å². The van der Waals surface area contributed by atoms with Gasteiger partial charge < -0.3 is 5.73 Å². The van der Waals surface area contributed by atoms with Gasteiger partial charge in [0.05, 0.1) is 0 Å². The predicted octanol–water partition coefficient (Wildman–Crippen LogP) is 3.01. The van der Waals surface area contributed by atoms with Gasteiger partial charge in [0, 0.05) is 18.6 Å². The molecule has 2 atom stereocenters. The first-order chi connectivity index (χ1) is 8.24. The molecule has 0 amide bonds. The van der Waals surface area contributed by atoms with Crippen LogP contribution in [0.4, 0.5) is 0 Å². The first kappa shape index (κ1) is 13.4. The van der Waals surface area contributed by atoms with Crippen LogP contribution in [0.25, 0.3) is 0 Å². The summed E-state index contributed by atoms with van der Waals surface area (Å²) in [5.74, 6) is 1.79. The molecule has 0 radical (unpaired) electrons. The molecule has 0 aromatic rings. The van der Waals surface area contributed by atoms with E-state index in [2.05, 4.69) is 18.7 Å². The molecule has 1 saturated carbocycles. The Bertz CT molecular complexity index is 221. The van der Waals surface area contributed by atoms with Gasteiger partial charge in [-0.15, -0.1) is 0 Å². The fraction of sp³-hybridized carbons (Fsp3) is 1.00. The molecule has 2 fully saturated rings. The molecule has 0 aromatic carbocycles. The van der Waals surface area contributed by atoms with Gasteiger partial charge in [-0.25, -0.2) is 0 Å². The Labute approximate surface area is 107 Å². The highest BCUT2D eigenvalue weighted by Crippen LogP contribution is 2.34. The third kappa shape index (κ3) is 3.23. The summed E-state index contributed by atoms with van der Waals surface area (Å²) < 4.78 is 0. The number of nitrogens with two attached hydrogens (primary N) is 1. The van der Waals surface area contributed by atoms with Crippen LogP contribution in [-0.4, -0.2) is 30.1 Å². The van der Waals surface area contributed by atoms with E-state index >= 15 is 0 Å². The van der Waals surface area contributed by atoms with E-state index in [1.807, 2.05) is 0 Å². The van der Waals surface area contributed by atoms with Gasteiger partial charge in [-0.3, -0.25) is 4.90 Å². The maximum absolute atomic E-state index is 5.82. The molecule has 0 spiro atoms. The molecule has 1 aliphatic carbocycles. The van der Waals surface area contributed by atoms with Gasteiger partial charge in [0.1, 0.15) is 0 Å². The van der Waals surface area contributed by atoms with Gasteiger partial charge in [0.25, 0.3) is 0 Å². The normalized spacial score (nSPS) is 39.7. The van der Waals surface area contributed by atoms with Crippen molar-refractivity contribution in [1.82, 2.24) is 4.90 Å². The number of nitrogens with zero attached hydrogens (tertiary/aromatic N) is 1. The second-order valence-corrected chi connectivity index (χ2v) is 6.35. The zero-order valence-electron chi connectivity index (χ0n) is 11.7. The third-order valence-corrected chi connectivity index (χ3v) is 5.03. The summed E-state index contributed by atoms with van der Waals surface area (Å²) in [6, 6.07) is 1.64. The van der Waals surface area contributed by atoms with Crippen molar-refractivity contribution < 1.29 is 0 Å². The van der Waals surface area contributed by atoms with Gasteiger partial charge in [-0.05, 0) is 57.4 Å². The third-order valence-electron chi connectivity index (χ3n) is 5.03. The number of rotatable bonds is 4. The second kappa shape index (κ2) is 6.19. The number of hydrogen-bond donors (Lipinski definition) is 1. The lowest BCUT2D eigenvalue weighted by Gasteiger charge is -2.37. The van der Waals surface area contributed by atoms with E-state index in [1.165, 1.54) is 51.5 Å². The van der Waals surface area contributed by atoms with Crippen molar-refractivity contribution in [2.24, 2.45) is 17.6 Å². The van der Waals surface area contributed by atoms with E-state index in [1.54, 1.807) is 0 Å². The fourth-order valence-corrected chi connectivity index (χ4v) is 4.02. The number of hydrogen-bond acceptors (Lipinski definition) is 2. The standard InChI is InChI=1S/C15H30N2/c1-3-4-13-5-7-15(8-6-13)17-11-14(10-16)9-12(17)2/h12-15H,3-11,16H2,1-2H3. The van der Waals surface area contributed by atoms with Gasteiger partial charge in [0.2, 0.25) is 0 Å². The molecule has 1 aliphatic heterocycles. The van der Waals surface area contributed by atoms with Crippen LogP contribution in [0.3, 0.4) is 0 Å². The van der Waals surface area contributed by atoms with Gasteiger partial charge in [0.15, 0.2) is 0 Å². The maximum Gasteiger partial charge on any atom is 0.00984 e. The summed E-state index contributed by atoms with van der Waals surface area (Å²) in [6.45, 7) is 6.86. The first-order valence-corrected chi connectivity index (χ1v) is 7.70. The molecular formula is C15H30N2. The van der Waals surface area contributed by atoms with Gasteiger partial charge in [-0.1, -0.05) is 19.8 Å². The van der Waals surface area contributed by atoms with Crippen LogP contribution in [0, 0.1) is 11.8 Å². The van der Waals surface area contributed by atoms with Crippen molar-refractivity contribution in [1.29, 1.82) is 0 Å². The fourth-order valence-electron chi connectivity index (χ4n) is 4.02. The molecule has 100 valence electrons. The Balaban J connectivity index is 1.80. The Morgan fingerprint density at radius 3 is 2.35 bits per heavy atom. The SMILES string of the molecule is CCCC1CCC(N2CC(CN)CC2C)CC1. The zero-order chi connectivity index (χ0) is 12.3. The van der Waals surface area contributed by atoms with Crippen molar-refractivity contribution in [2.45, 2.75) is 70.9 Å². The molecule has 1 saturated heterocycles. The predicted molar refractivity (Wildman–Crippen MR) is 74.0 cm³/mol. The molecule has 2 N–H and O–H groups in total. The molecule has 2 aliphatic rings. The summed E-state index contributed by atoms with van der Waals surface area (Å²) in [5, 5.41) is 0. The van der Waals surface area contributed by atoms with Crippen LogP contribution in [0.2, 0.25) is 0 Å². The maximum atomic E-state index is 5.82. The van der Waals surface area contributed by atoms with Crippen LogP contribution in [-0.2, 0) is 0 Å². The van der Waals surface area contributed by atoms with Gasteiger partial charge in [-0.2, -0.15) is 0 Å². The van der Waals surface area contributed by atoms with Crippen molar-refractivity contribution in [2.75, 3.05) is 13.1 Å². The van der Waals surface area contributed by atoms with E-state index in [9.17, 15) is 0 Å². The highest BCUT2D eigenvalue weighted by molar-refractivity contribution is 4.89. The minimum atomic E-state index is 0.762. The molecule has 0 aromatic heterocycles. The molecular weight excluding hydrogens is 208 g/mol. The van der Waals surface area contributed by atoms with Crippen LogP contribution in [0.15, 0.2) is 0 Å². The van der Waals surface area contributed by atoms with E-state index in [4.69, 9.17) is 5.73 Å². The molecule has 2 rings (SSSR count). The monoisotopic (exact) mass is 238 g/mol. The lowest BCUT2D eigenvalue weighted by molar-refractivity contribution is 0.126. The van der Waals surface area contributed by atoms with E-state index in [-0.39, 0.29) is 0 Å². The van der Waals surface area contributed by atoms with Gasteiger partial charge >= 0.3 is 0 Å². The number of likely N-dealkylation sites (tertiary alicyclic amines) is 1. The van der Waals surface area contributed by atoms with Crippen LogP contribution < -0.4 is 5.73 Å². The molecule has 2 unspecified atom stereocenters. The summed E-state index contributed by atoms with van der Waals surface area (Å²) in [6.07, 6.45) is 9.95. The summed E-state index contributed by atoms with van der Waals surface area (Å²) >= 11 is 0. The van der Waals surface area contributed by atoms with Crippen molar-refractivity contribution in [3.63, 3.8) is 0 Å². The molecule has 2 nitrogen and oxygen atoms in total. The first-order valence-electron chi connectivity index (χ1n) is 7.70. The van der Waals surface area contributed by atoms with Crippen LogP contribution >= 0.6 is 0 Å². The Morgan fingerprint density at radius 1 is 1.12 bits per heavy atom. The Morgan fingerprint density at radius 2 is 1.82 bits per heavy atom. The van der Waals surface area contributed by atoms with E-state index in [0.29, 0.717) is 0 Å². The summed E-state index contributed by atoms with van der Waals surface area (Å²) in [7, 11) is 0. The van der Waals surface area contributed by atoms with E-state index in [0.717, 1.165) is 30.5 Å². The Hall–Kier alpha value is -0.0800. The Kier molecular flexibility index (Phi) is 4.87. The van der Waals surface area contributed by atoms with Crippen molar-refractivity contribution in [3.8, 4) is 0 Å².